The lowest BCUT2D eigenvalue weighted by Crippen LogP contribution is -2.38. The number of likely N-dealkylation sites (N-methyl/N-ethyl adjacent to an activating group) is 1. The van der Waals surface area contributed by atoms with Crippen molar-refractivity contribution < 1.29 is 0 Å². The molecule has 1 unspecified atom stereocenters. The summed E-state index contributed by atoms with van der Waals surface area (Å²) in [4.78, 5) is 4.21. The number of aliphatic imine (C=N–C) groups is 1. The van der Waals surface area contributed by atoms with Crippen molar-refractivity contribution in [2.75, 3.05) is 13.6 Å². The molecule has 0 aromatic carbocycles. The minimum atomic E-state index is 0.322. The summed E-state index contributed by atoms with van der Waals surface area (Å²) in [5, 5.41) is 3.14. The topological polar surface area (TPSA) is 50.4 Å². The van der Waals surface area contributed by atoms with E-state index in [0.29, 0.717) is 6.04 Å². The monoisotopic (exact) mass is 141 g/mol. The Labute approximate surface area is 61.7 Å². The molecule has 3 nitrogen and oxygen atoms in total. The highest BCUT2D eigenvalue weighted by molar-refractivity contribution is 5.85. The summed E-state index contributed by atoms with van der Waals surface area (Å²) < 4.78 is 0. The predicted molar refractivity (Wildman–Crippen MR) is 43.2 cm³/mol. The lowest BCUT2D eigenvalue weighted by molar-refractivity contribution is 0.609. The van der Waals surface area contributed by atoms with Gasteiger partial charge in [0.2, 0.25) is 0 Å². The normalized spacial score (nSPS) is 27.3. The van der Waals surface area contributed by atoms with Crippen LogP contribution in [-0.4, -0.2) is 25.5 Å². The second-order valence-corrected chi connectivity index (χ2v) is 2.64. The maximum atomic E-state index is 5.68. The summed E-state index contributed by atoms with van der Waals surface area (Å²) in [5.41, 5.74) is 5.68. The van der Waals surface area contributed by atoms with Gasteiger partial charge in [0, 0.05) is 6.54 Å². The van der Waals surface area contributed by atoms with E-state index in [4.69, 9.17) is 5.73 Å². The molecule has 0 aromatic heterocycles. The molecule has 0 saturated heterocycles. The summed E-state index contributed by atoms with van der Waals surface area (Å²) >= 11 is 0. The van der Waals surface area contributed by atoms with Crippen LogP contribution >= 0.6 is 0 Å². The van der Waals surface area contributed by atoms with E-state index in [1.165, 1.54) is 12.8 Å². The van der Waals surface area contributed by atoms with Gasteiger partial charge in [-0.05, 0) is 26.3 Å². The first kappa shape index (κ1) is 7.54. The van der Waals surface area contributed by atoms with Crippen molar-refractivity contribution in [2.24, 2.45) is 10.7 Å². The smallest absolute Gasteiger partial charge is 0.111 e. The molecule has 1 aliphatic rings. The van der Waals surface area contributed by atoms with Crippen molar-refractivity contribution in [3.8, 4) is 0 Å². The molecule has 0 amide bonds. The number of nitrogens with zero attached hydrogens (tertiary/aromatic N) is 1. The van der Waals surface area contributed by atoms with E-state index in [0.717, 1.165) is 18.8 Å². The van der Waals surface area contributed by atoms with Crippen molar-refractivity contribution >= 4 is 5.84 Å². The second kappa shape index (κ2) is 3.56. The first-order chi connectivity index (χ1) is 4.84. The van der Waals surface area contributed by atoms with Crippen molar-refractivity contribution in [3.63, 3.8) is 0 Å². The molecule has 10 heavy (non-hydrogen) atoms. The molecule has 3 N–H and O–H groups in total. The van der Waals surface area contributed by atoms with Crippen molar-refractivity contribution in [1.29, 1.82) is 0 Å². The first-order valence-corrected chi connectivity index (χ1v) is 3.81. The van der Waals surface area contributed by atoms with Crippen LogP contribution < -0.4 is 11.1 Å². The van der Waals surface area contributed by atoms with Gasteiger partial charge in [0.05, 0.1) is 6.04 Å². The van der Waals surface area contributed by atoms with Crippen molar-refractivity contribution in [3.05, 3.63) is 0 Å². The Kier molecular flexibility index (Phi) is 2.68. The Morgan fingerprint density at radius 3 is 3.10 bits per heavy atom. The fourth-order valence-corrected chi connectivity index (χ4v) is 1.22. The second-order valence-electron chi connectivity index (χ2n) is 2.64. The predicted octanol–water partition coefficient (Wildman–Crippen LogP) is 0.116. The van der Waals surface area contributed by atoms with Crippen LogP contribution in [0.2, 0.25) is 0 Å². The fourth-order valence-electron chi connectivity index (χ4n) is 1.22. The van der Waals surface area contributed by atoms with E-state index in [-0.39, 0.29) is 0 Å². The van der Waals surface area contributed by atoms with Crippen LogP contribution in [0.25, 0.3) is 0 Å². The van der Waals surface area contributed by atoms with E-state index in [9.17, 15) is 0 Å². The molecule has 0 aliphatic carbocycles. The average Bonchev–Trinajstić information content (AvgIpc) is 2.13. The van der Waals surface area contributed by atoms with Crippen LogP contribution in [0.5, 0.6) is 0 Å². The molecule has 0 bridgehead atoms. The van der Waals surface area contributed by atoms with Gasteiger partial charge in [-0.25, -0.2) is 0 Å². The molecule has 0 spiro atoms. The van der Waals surface area contributed by atoms with E-state index in [1.807, 2.05) is 7.05 Å². The summed E-state index contributed by atoms with van der Waals surface area (Å²) in [6.45, 7) is 0.907. The van der Waals surface area contributed by atoms with Crippen LogP contribution in [0.4, 0.5) is 0 Å². The molecule has 1 rings (SSSR count). The quantitative estimate of drug-likeness (QED) is 0.544. The van der Waals surface area contributed by atoms with Gasteiger partial charge in [-0.3, -0.25) is 4.99 Å². The SMILES string of the molecule is CNC1CCCCN=C1N. The molecule has 58 valence electrons. The highest BCUT2D eigenvalue weighted by atomic mass is 15.0. The number of amidine groups is 1. The molecule has 3 heteroatoms. The minimum absolute atomic E-state index is 0.322. The standard InChI is InChI=1S/C7H15N3/c1-9-6-4-2-3-5-10-7(6)8/h6,9H,2-5H2,1H3,(H2,8,10). The summed E-state index contributed by atoms with van der Waals surface area (Å²) in [6, 6.07) is 0.322. The minimum Gasteiger partial charge on any atom is -0.386 e. The zero-order valence-corrected chi connectivity index (χ0v) is 6.43. The highest BCUT2D eigenvalue weighted by Gasteiger charge is 2.11. The maximum Gasteiger partial charge on any atom is 0.111 e. The molecule has 1 heterocycles. The van der Waals surface area contributed by atoms with Gasteiger partial charge in [-0.15, -0.1) is 0 Å². The molecule has 0 saturated carbocycles. The molecule has 0 radical (unpaired) electrons. The lowest BCUT2D eigenvalue weighted by atomic mass is 10.1. The van der Waals surface area contributed by atoms with E-state index < -0.39 is 0 Å². The number of hydrogen-bond acceptors (Lipinski definition) is 3. The third-order valence-electron chi connectivity index (χ3n) is 1.90. The van der Waals surface area contributed by atoms with E-state index in [1.54, 1.807) is 0 Å². The molecular formula is C7H15N3. The van der Waals surface area contributed by atoms with Crippen LogP contribution in [0.1, 0.15) is 19.3 Å². The van der Waals surface area contributed by atoms with Crippen LogP contribution in [-0.2, 0) is 0 Å². The van der Waals surface area contributed by atoms with Crippen LogP contribution in [0.15, 0.2) is 4.99 Å². The van der Waals surface area contributed by atoms with Crippen LogP contribution in [0.3, 0.4) is 0 Å². The average molecular weight is 141 g/mol. The highest BCUT2D eigenvalue weighted by Crippen LogP contribution is 2.05. The lowest BCUT2D eigenvalue weighted by Gasteiger charge is -2.11. The molecule has 0 aromatic rings. The van der Waals surface area contributed by atoms with Gasteiger partial charge in [0.25, 0.3) is 0 Å². The van der Waals surface area contributed by atoms with E-state index >= 15 is 0 Å². The fraction of sp³-hybridized carbons (Fsp3) is 0.857. The van der Waals surface area contributed by atoms with Crippen molar-refractivity contribution in [1.82, 2.24) is 5.32 Å². The third-order valence-corrected chi connectivity index (χ3v) is 1.90. The Bertz CT molecular complexity index is 131. The van der Waals surface area contributed by atoms with Gasteiger partial charge in [0.1, 0.15) is 5.84 Å². The Morgan fingerprint density at radius 2 is 2.40 bits per heavy atom. The number of nitrogens with two attached hydrogens (primary N) is 1. The third kappa shape index (κ3) is 1.70. The largest absolute Gasteiger partial charge is 0.386 e. The Balaban J connectivity index is 2.51. The first-order valence-electron chi connectivity index (χ1n) is 3.81. The van der Waals surface area contributed by atoms with E-state index in [2.05, 4.69) is 10.3 Å². The summed E-state index contributed by atoms with van der Waals surface area (Å²) in [7, 11) is 1.93. The zero-order chi connectivity index (χ0) is 7.40. The van der Waals surface area contributed by atoms with Gasteiger partial charge < -0.3 is 11.1 Å². The molecule has 1 atom stereocenters. The van der Waals surface area contributed by atoms with Gasteiger partial charge in [-0.2, -0.15) is 0 Å². The van der Waals surface area contributed by atoms with Gasteiger partial charge in [-0.1, -0.05) is 0 Å². The van der Waals surface area contributed by atoms with Gasteiger partial charge >= 0.3 is 0 Å². The number of nitrogens with one attached hydrogen (secondary N) is 1. The Hall–Kier alpha value is -0.570. The molecule has 0 fully saturated rings. The Morgan fingerprint density at radius 1 is 1.60 bits per heavy atom. The molecular weight excluding hydrogens is 126 g/mol. The number of hydrogen-bond donors (Lipinski definition) is 2. The van der Waals surface area contributed by atoms with Crippen LogP contribution in [0, 0.1) is 0 Å². The van der Waals surface area contributed by atoms with Crippen molar-refractivity contribution in [2.45, 2.75) is 25.3 Å². The summed E-state index contributed by atoms with van der Waals surface area (Å²) in [5.74, 6) is 0.778. The zero-order valence-electron chi connectivity index (χ0n) is 6.43. The summed E-state index contributed by atoms with van der Waals surface area (Å²) in [6.07, 6.45) is 3.54. The molecule has 1 aliphatic heterocycles. The van der Waals surface area contributed by atoms with Gasteiger partial charge in [0.15, 0.2) is 0 Å². The number of rotatable bonds is 1. The maximum absolute atomic E-state index is 5.68.